The molecule has 0 spiro atoms. The van der Waals surface area contributed by atoms with Gasteiger partial charge in [0.2, 0.25) is 0 Å². The summed E-state index contributed by atoms with van der Waals surface area (Å²) in [6, 6.07) is 63.2. The van der Waals surface area contributed by atoms with E-state index in [0.29, 0.717) is 0 Å². The molecule has 8 rings (SSSR count). The van der Waals surface area contributed by atoms with Crippen LogP contribution in [0.1, 0.15) is 11.1 Å². The van der Waals surface area contributed by atoms with E-state index in [2.05, 4.69) is 192 Å². The molecule has 1 aromatic heterocycles. The summed E-state index contributed by atoms with van der Waals surface area (Å²) in [7, 11) is 0. The van der Waals surface area contributed by atoms with Crippen LogP contribution >= 0.6 is 11.7 Å². The Bertz CT molecular complexity index is 2140. The van der Waals surface area contributed by atoms with Gasteiger partial charge in [-0.2, -0.15) is 8.75 Å². The molecule has 5 heteroatoms. The highest BCUT2D eigenvalue weighted by atomic mass is 32.1. The average Bonchev–Trinajstić information content (AvgIpc) is 3.71. The summed E-state index contributed by atoms with van der Waals surface area (Å²) in [6.07, 6.45) is 8.54. The van der Waals surface area contributed by atoms with E-state index >= 15 is 0 Å². The van der Waals surface area contributed by atoms with Gasteiger partial charge in [0.15, 0.2) is 0 Å². The molecule has 0 N–H and O–H groups in total. The minimum atomic E-state index is 0.922. The Kier molecular flexibility index (Phi) is 9.27. The first-order valence-electron chi connectivity index (χ1n) is 16.9. The lowest BCUT2D eigenvalue weighted by Gasteiger charge is -2.20. The second kappa shape index (κ2) is 14.9. The number of benzene rings is 7. The minimum absolute atomic E-state index is 0.922. The number of hydrogen-bond acceptors (Lipinski definition) is 5. The molecule has 244 valence electrons. The second-order valence-electron chi connectivity index (χ2n) is 12.1. The first-order valence-corrected chi connectivity index (χ1v) is 17.6. The summed E-state index contributed by atoms with van der Waals surface area (Å²) in [4.78, 5) is 4.40. The zero-order valence-corrected chi connectivity index (χ0v) is 28.6. The number of nitrogens with zero attached hydrogens (tertiary/aromatic N) is 4. The molecule has 4 nitrogen and oxygen atoms in total. The van der Waals surface area contributed by atoms with Crippen LogP contribution in [0.5, 0.6) is 0 Å². The topological polar surface area (TPSA) is 32.3 Å². The van der Waals surface area contributed by atoms with Crippen molar-refractivity contribution in [2.75, 3.05) is 9.80 Å². The minimum Gasteiger partial charge on any atom is -0.317 e. The molecular formula is C46H34N4S. The third kappa shape index (κ3) is 7.11. The molecule has 0 fully saturated rings. The van der Waals surface area contributed by atoms with Crippen molar-refractivity contribution in [1.29, 1.82) is 0 Å². The zero-order chi connectivity index (χ0) is 34.2. The molecule has 0 saturated heterocycles. The number of anilines is 4. The van der Waals surface area contributed by atoms with Crippen molar-refractivity contribution in [3.8, 4) is 22.3 Å². The quantitative estimate of drug-likeness (QED) is 0.145. The van der Waals surface area contributed by atoms with Gasteiger partial charge in [-0.25, -0.2) is 0 Å². The van der Waals surface area contributed by atoms with Crippen LogP contribution in [0.25, 0.3) is 45.4 Å². The Morgan fingerprint density at radius 2 is 0.667 bits per heavy atom. The van der Waals surface area contributed by atoms with Crippen LogP contribution in [0.2, 0.25) is 0 Å². The van der Waals surface area contributed by atoms with Crippen molar-refractivity contribution in [2.45, 2.75) is 0 Å². The standard InChI is InChI=1S/C46H34N4S/c1-5-13-39(14-6-1)49(40-15-7-2-8-16-40)33-31-35-21-25-37(26-22-35)43-29-30-44(46-45(43)47-51-48-46)38-27-23-36(24-28-38)32-34-50(41-17-9-3-10-18-41)42-19-11-4-12-20-42/h1-34H/b33-31+,34-32+. The molecule has 1 heterocycles. The summed E-state index contributed by atoms with van der Waals surface area (Å²) in [5.41, 5.74) is 12.9. The SMILES string of the molecule is C(=C\N(c1ccccc1)c1ccccc1)/c1ccc(-c2ccc(-c3ccc(/C=C/N(c4ccccc4)c4ccccc4)cc3)c3nsnc23)cc1. The number of aromatic nitrogens is 2. The summed E-state index contributed by atoms with van der Waals surface area (Å²) < 4.78 is 9.50. The van der Waals surface area contributed by atoms with Gasteiger partial charge in [0.1, 0.15) is 11.0 Å². The molecule has 8 aromatic rings. The maximum Gasteiger partial charge on any atom is 0.113 e. The highest BCUT2D eigenvalue weighted by Crippen LogP contribution is 2.35. The van der Waals surface area contributed by atoms with E-state index in [9.17, 15) is 0 Å². The first kappa shape index (κ1) is 31.7. The fourth-order valence-electron chi connectivity index (χ4n) is 6.20. The van der Waals surface area contributed by atoms with Gasteiger partial charge in [0.05, 0.1) is 11.7 Å². The fourth-order valence-corrected chi connectivity index (χ4v) is 6.77. The summed E-state index contributed by atoms with van der Waals surface area (Å²) in [5, 5.41) is 0. The van der Waals surface area contributed by atoms with Crippen molar-refractivity contribution >= 4 is 57.7 Å². The van der Waals surface area contributed by atoms with Gasteiger partial charge in [-0.3, -0.25) is 0 Å². The van der Waals surface area contributed by atoms with Gasteiger partial charge in [0, 0.05) is 46.3 Å². The molecule has 0 aliphatic carbocycles. The maximum absolute atomic E-state index is 4.75. The Labute approximate surface area is 302 Å². The molecule has 0 radical (unpaired) electrons. The van der Waals surface area contributed by atoms with Crippen molar-refractivity contribution < 1.29 is 0 Å². The third-order valence-electron chi connectivity index (χ3n) is 8.83. The van der Waals surface area contributed by atoms with E-state index < -0.39 is 0 Å². The van der Waals surface area contributed by atoms with Crippen molar-refractivity contribution in [3.63, 3.8) is 0 Å². The predicted molar refractivity (Wildman–Crippen MR) is 216 cm³/mol. The van der Waals surface area contributed by atoms with E-state index in [0.717, 1.165) is 67.2 Å². The van der Waals surface area contributed by atoms with Crippen molar-refractivity contribution in [3.05, 3.63) is 206 Å². The number of fused-ring (bicyclic) bond motifs is 1. The highest BCUT2D eigenvalue weighted by Gasteiger charge is 2.14. The van der Waals surface area contributed by atoms with Gasteiger partial charge >= 0.3 is 0 Å². The van der Waals surface area contributed by atoms with Crippen molar-refractivity contribution in [1.82, 2.24) is 8.75 Å². The van der Waals surface area contributed by atoms with Crippen LogP contribution in [0.4, 0.5) is 22.7 Å². The molecule has 7 aromatic carbocycles. The van der Waals surface area contributed by atoms with Crippen LogP contribution in [0.3, 0.4) is 0 Å². The smallest absolute Gasteiger partial charge is 0.113 e. The van der Waals surface area contributed by atoms with E-state index in [-0.39, 0.29) is 0 Å². The summed E-state index contributed by atoms with van der Waals surface area (Å²) in [6.45, 7) is 0. The zero-order valence-electron chi connectivity index (χ0n) is 27.8. The lowest BCUT2D eigenvalue weighted by molar-refractivity contribution is 1.29. The molecule has 0 unspecified atom stereocenters. The van der Waals surface area contributed by atoms with Crippen LogP contribution in [-0.4, -0.2) is 8.75 Å². The molecule has 0 bridgehead atoms. The second-order valence-corrected chi connectivity index (χ2v) is 12.6. The van der Waals surface area contributed by atoms with Crippen molar-refractivity contribution in [2.24, 2.45) is 0 Å². The maximum atomic E-state index is 4.75. The van der Waals surface area contributed by atoms with Crippen LogP contribution in [-0.2, 0) is 0 Å². The lowest BCUT2D eigenvalue weighted by Crippen LogP contribution is -2.07. The Balaban J connectivity index is 1.02. The van der Waals surface area contributed by atoms with Crippen LogP contribution < -0.4 is 9.80 Å². The fraction of sp³-hybridized carbons (Fsp3) is 0. The van der Waals surface area contributed by atoms with Gasteiger partial charge in [-0.1, -0.05) is 133 Å². The van der Waals surface area contributed by atoms with E-state index in [1.807, 2.05) is 24.3 Å². The van der Waals surface area contributed by atoms with Gasteiger partial charge in [-0.05, 0) is 82.9 Å². The molecular weight excluding hydrogens is 641 g/mol. The van der Waals surface area contributed by atoms with E-state index in [1.165, 1.54) is 11.7 Å². The normalized spacial score (nSPS) is 11.4. The predicted octanol–water partition coefficient (Wildman–Crippen LogP) is 12.6. The summed E-state index contributed by atoms with van der Waals surface area (Å²) in [5.74, 6) is 0. The van der Waals surface area contributed by atoms with Gasteiger partial charge < -0.3 is 9.80 Å². The molecule has 0 aliphatic rings. The Morgan fingerprint density at radius 3 is 0.980 bits per heavy atom. The number of hydrogen-bond donors (Lipinski definition) is 0. The first-order chi connectivity index (χ1) is 25.3. The molecule has 0 amide bonds. The Morgan fingerprint density at radius 1 is 0.353 bits per heavy atom. The van der Waals surface area contributed by atoms with Gasteiger partial charge in [0.25, 0.3) is 0 Å². The third-order valence-corrected chi connectivity index (χ3v) is 9.36. The molecule has 0 saturated carbocycles. The average molecular weight is 675 g/mol. The van der Waals surface area contributed by atoms with Crippen LogP contribution in [0, 0.1) is 0 Å². The largest absolute Gasteiger partial charge is 0.317 e. The van der Waals surface area contributed by atoms with E-state index in [4.69, 9.17) is 8.75 Å². The van der Waals surface area contributed by atoms with Gasteiger partial charge in [-0.15, -0.1) is 0 Å². The Hall–Kier alpha value is -6.56. The number of para-hydroxylation sites is 4. The molecule has 0 atom stereocenters. The monoisotopic (exact) mass is 674 g/mol. The van der Waals surface area contributed by atoms with E-state index in [1.54, 1.807) is 0 Å². The number of rotatable bonds is 10. The van der Waals surface area contributed by atoms with Crippen LogP contribution in [0.15, 0.2) is 194 Å². The summed E-state index contributed by atoms with van der Waals surface area (Å²) >= 11 is 1.26. The molecule has 0 aliphatic heterocycles. The highest BCUT2D eigenvalue weighted by molar-refractivity contribution is 7.00. The molecule has 51 heavy (non-hydrogen) atoms. The lowest BCUT2D eigenvalue weighted by atomic mass is 9.97.